The van der Waals surface area contributed by atoms with E-state index in [2.05, 4.69) is 41.1 Å². The smallest absolute Gasteiger partial charge is 0.0616 e. The molecule has 19 heavy (non-hydrogen) atoms. The van der Waals surface area contributed by atoms with Gasteiger partial charge in [-0.2, -0.15) is 11.3 Å². The zero-order valence-corrected chi connectivity index (χ0v) is 12.6. The summed E-state index contributed by atoms with van der Waals surface area (Å²) >= 11 is 8.55. The summed E-state index contributed by atoms with van der Waals surface area (Å²) in [5.74, 6) is 0.616. The molecule has 0 radical (unpaired) electrons. The Hall–Kier alpha value is -0.790. The molecule has 0 bridgehead atoms. The fourth-order valence-corrected chi connectivity index (χ4v) is 4.23. The first-order valence-corrected chi connectivity index (χ1v) is 8.45. The number of alkyl halides is 1. The van der Waals surface area contributed by atoms with Gasteiger partial charge in [0.05, 0.1) is 5.38 Å². The van der Waals surface area contributed by atoms with E-state index in [-0.39, 0.29) is 5.38 Å². The lowest BCUT2D eigenvalue weighted by atomic mass is 9.91. The molecule has 2 atom stereocenters. The van der Waals surface area contributed by atoms with E-state index in [1.807, 2.05) is 0 Å². The molecule has 2 unspecified atom stereocenters. The first-order valence-electron chi connectivity index (χ1n) is 7.07. The lowest BCUT2D eigenvalue weighted by Crippen LogP contribution is -2.08. The molecule has 2 aromatic rings. The van der Waals surface area contributed by atoms with Crippen molar-refractivity contribution in [3.05, 3.63) is 57.8 Å². The van der Waals surface area contributed by atoms with Gasteiger partial charge in [-0.3, -0.25) is 0 Å². The molecule has 0 nitrogen and oxygen atoms in total. The van der Waals surface area contributed by atoms with E-state index in [9.17, 15) is 0 Å². The predicted molar refractivity (Wildman–Crippen MR) is 84.1 cm³/mol. The average Bonchev–Trinajstić information content (AvgIpc) is 2.90. The number of hydrogen-bond donors (Lipinski definition) is 0. The summed E-state index contributed by atoms with van der Waals surface area (Å²) < 4.78 is 0. The Morgan fingerprint density at radius 1 is 1.21 bits per heavy atom. The summed E-state index contributed by atoms with van der Waals surface area (Å²) in [7, 11) is 0. The van der Waals surface area contributed by atoms with Crippen LogP contribution in [-0.2, 0) is 12.8 Å². The van der Waals surface area contributed by atoms with Crippen molar-refractivity contribution in [2.24, 2.45) is 5.92 Å². The molecule has 1 aliphatic carbocycles. The standard InChI is InChI=1S/C17H19ClS/c18-17-15(9-8-13-10-11-19-12-13)6-3-5-14-4-1-2-7-16(14)17/h1-2,4,7,10-12,15,17H,3,5-6,8-9H2. The van der Waals surface area contributed by atoms with Crippen LogP contribution in [0.5, 0.6) is 0 Å². The number of rotatable bonds is 3. The van der Waals surface area contributed by atoms with Crippen LogP contribution in [0.25, 0.3) is 0 Å². The number of halogens is 1. The predicted octanol–water partition coefficient (Wildman–Crippen LogP) is 5.61. The van der Waals surface area contributed by atoms with Gasteiger partial charge in [-0.1, -0.05) is 24.3 Å². The third-order valence-corrected chi connectivity index (χ3v) is 5.49. The summed E-state index contributed by atoms with van der Waals surface area (Å²) in [5.41, 5.74) is 4.30. The number of aryl methyl sites for hydroxylation is 2. The van der Waals surface area contributed by atoms with Crippen molar-refractivity contribution in [3.63, 3.8) is 0 Å². The molecular weight excluding hydrogens is 272 g/mol. The Morgan fingerprint density at radius 2 is 2.11 bits per heavy atom. The summed E-state index contributed by atoms with van der Waals surface area (Å²) in [6.07, 6.45) is 6.09. The van der Waals surface area contributed by atoms with Gasteiger partial charge in [0.15, 0.2) is 0 Å². The van der Waals surface area contributed by atoms with E-state index in [0.29, 0.717) is 5.92 Å². The van der Waals surface area contributed by atoms with Crippen LogP contribution in [-0.4, -0.2) is 0 Å². The molecule has 0 spiro atoms. The molecule has 0 amide bonds. The minimum absolute atomic E-state index is 0.192. The van der Waals surface area contributed by atoms with Crippen LogP contribution in [0.4, 0.5) is 0 Å². The number of fused-ring (bicyclic) bond motifs is 1. The number of benzene rings is 1. The Morgan fingerprint density at radius 3 is 2.95 bits per heavy atom. The van der Waals surface area contributed by atoms with Crippen molar-refractivity contribution < 1.29 is 0 Å². The molecule has 0 N–H and O–H groups in total. The monoisotopic (exact) mass is 290 g/mol. The second kappa shape index (κ2) is 6.11. The van der Waals surface area contributed by atoms with Crippen LogP contribution in [0.3, 0.4) is 0 Å². The zero-order valence-electron chi connectivity index (χ0n) is 11.0. The molecule has 1 aromatic carbocycles. The largest absolute Gasteiger partial charge is 0.152 e. The summed E-state index contributed by atoms with van der Waals surface area (Å²) in [5, 5.41) is 4.61. The highest BCUT2D eigenvalue weighted by molar-refractivity contribution is 7.07. The maximum atomic E-state index is 6.76. The summed E-state index contributed by atoms with van der Waals surface area (Å²) in [6.45, 7) is 0. The topological polar surface area (TPSA) is 0 Å². The zero-order chi connectivity index (χ0) is 13.1. The van der Waals surface area contributed by atoms with Gasteiger partial charge in [-0.15, -0.1) is 11.6 Å². The Balaban J connectivity index is 1.72. The molecule has 0 saturated heterocycles. The molecule has 0 aliphatic heterocycles. The highest BCUT2D eigenvalue weighted by atomic mass is 35.5. The maximum Gasteiger partial charge on any atom is 0.0616 e. The maximum absolute atomic E-state index is 6.76. The van der Waals surface area contributed by atoms with Crippen molar-refractivity contribution in [1.82, 2.24) is 0 Å². The quantitative estimate of drug-likeness (QED) is 0.509. The highest BCUT2D eigenvalue weighted by Gasteiger charge is 2.25. The van der Waals surface area contributed by atoms with Crippen LogP contribution in [0.1, 0.15) is 41.3 Å². The van der Waals surface area contributed by atoms with Gasteiger partial charge in [0.1, 0.15) is 0 Å². The van der Waals surface area contributed by atoms with Crippen LogP contribution in [0.2, 0.25) is 0 Å². The molecule has 100 valence electrons. The minimum Gasteiger partial charge on any atom is -0.152 e. The minimum atomic E-state index is 0.192. The van der Waals surface area contributed by atoms with Crippen LogP contribution >= 0.6 is 22.9 Å². The van der Waals surface area contributed by atoms with Gasteiger partial charge in [0, 0.05) is 0 Å². The fraction of sp³-hybridized carbons (Fsp3) is 0.412. The van der Waals surface area contributed by atoms with Gasteiger partial charge in [0.2, 0.25) is 0 Å². The molecule has 1 heterocycles. The second-order valence-corrected chi connectivity index (χ2v) is 6.67. The Kier molecular flexibility index (Phi) is 4.24. The normalized spacial score (nSPS) is 22.8. The van der Waals surface area contributed by atoms with Crippen LogP contribution in [0, 0.1) is 5.92 Å². The average molecular weight is 291 g/mol. The van der Waals surface area contributed by atoms with Crippen LogP contribution < -0.4 is 0 Å². The van der Waals surface area contributed by atoms with Gasteiger partial charge >= 0.3 is 0 Å². The molecule has 1 aliphatic rings. The van der Waals surface area contributed by atoms with E-state index in [4.69, 9.17) is 11.6 Å². The van der Waals surface area contributed by atoms with Gasteiger partial charge in [-0.25, -0.2) is 0 Å². The second-order valence-electron chi connectivity index (χ2n) is 5.42. The van der Waals surface area contributed by atoms with Gasteiger partial charge in [-0.05, 0) is 71.5 Å². The summed E-state index contributed by atoms with van der Waals surface area (Å²) in [4.78, 5) is 0. The third kappa shape index (κ3) is 3.04. The lowest BCUT2D eigenvalue weighted by molar-refractivity contribution is 0.435. The number of hydrogen-bond acceptors (Lipinski definition) is 1. The molecule has 3 rings (SSSR count). The van der Waals surface area contributed by atoms with E-state index >= 15 is 0 Å². The van der Waals surface area contributed by atoms with Crippen molar-refractivity contribution in [1.29, 1.82) is 0 Å². The van der Waals surface area contributed by atoms with E-state index < -0.39 is 0 Å². The molecular formula is C17H19ClS. The number of thiophene rings is 1. The van der Waals surface area contributed by atoms with Crippen molar-refractivity contribution in [3.8, 4) is 0 Å². The molecule has 2 heteroatoms. The van der Waals surface area contributed by atoms with Crippen molar-refractivity contribution in [2.75, 3.05) is 0 Å². The van der Waals surface area contributed by atoms with Gasteiger partial charge in [0.25, 0.3) is 0 Å². The molecule has 1 aromatic heterocycles. The molecule has 0 saturated carbocycles. The van der Waals surface area contributed by atoms with E-state index in [1.165, 1.54) is 48.8 Å². The SMILES string of the molecule is ClC1c2ccccc2CCCC1CCc1ccsc1. The van der Waals surface area contributed by atoms with Crippen molar-refractivity contribution >= 4 is 22.9 Å². The Labute approximate surface area is 124 Å². The summed E-state index contributed by atoms with van der Waals surface area (Å²) in [6, 6.07) is 10.9. The fourth-order valence-electron chi connectivity index (χ4n) is 3.06. The first-order chi connectivity index (χ1) is 9.34. The van der Waals surface area contributed by atoms with Gasteiger partial charge < -0.3 is 0 Å². The highest BCUT2D eigenvalue weighted by Crippen LogP contribution is 2.40. The van der Waals surface area contributed by atoms with E-state index in [0.717, 1.165) is 0 Å². The lowest BCUT2D eigenvalue weighted by Gasteiger charge is -2.21. The Bertz CT molecular complexity index is 518. The molecule has 0 fully saturated rings. The van der Waals surface area contributed by atoms with Crippen molar-refractivity contribution in [2.45, 2.75) is 37.5 Å². The van der Waals surface area contributed by atoms with Crippen LogP contribution in [0.15, 0.2) is 41.1 Å². The van der Waals surface area contributed by atoms with E-state index in [1.54, 1.807) is 11.3 Å². The third-order valence-electron chi connectivity index (χ3n) is 4.17. The first kappa shape index (κ1) is 13.2.